The number of urea groups is 1. The maximum absolute atomic E-state index is 11.3. The van der Waals surface area contributed by atoms with Crippen molar-refractivity contribution in [3.05, 3.63) is 12.2 Å². The number of aryl methyl sites for hydroxylation is 1. The minimum atomic E-state index is -1.15. The van der Waals surface area contributed by atoms with Crippen molar-refractivity contribution in [3.8, 4) is 0 Å². The SMILES string of the molecule is Cn1cnc(CCNC(=O)NCC(=O)NCC(=O)O)n1. The Bertz CT molecular complexity index is 486. The molecule has 0 atom stereocenters. The van der Waals surface area contributed by atoms with Gasteiger partial charge in [0.05, 0.1) is 6.54 Å². The molecule has 1 heterocycles. The van der Waals surface area contributed by atoms with Crippen molar-refractivity contribution in [3.63, 3.8) is 0 Å². The Morgan fingerprint density at radius 2 is 2.00 bits per heavy atom. The average Bonchev–Trinajstić information content (AvgIpc) is 2.79. The molecule has 110 valence electrons. The molecule has 0 bridgehead atoms. The molecule has 0 spiro atoms. The lowest BCUT2D eigenvalue weighted by Crippen LogP contribution is -2.43. The van der Waals surface area contributed by atoms with Crippen LogP contribution in [-0.2, 0) is 23.1 Å². The summed E-state index contributed by atoms with van der Waals surface area (Å²) in [7, 11) is 1.74. The Labute approximate surface area is 114 Å². The molecule has 0 aliphatic carbocycles. The van der Waals surface area contributed by atoms with E-state index in [-0.39, 0.29) is 6.54 Å². The maximum Gasteiger partial charge on any atom is 0.322 e. The minimum absolute atomic E-state index is 0.291. The second-order valence-corrected chi connectivity index (χ2v) is 3.86. The summed E-state index contributed by atoms with van der Waals surface area (Å²) in [4.78, 5) is 36.6. The zero-order chi connectivity index (χ0) is 15.0. The quantitative estimate of drug-likeness (QED) is 0.450. The molecule has 0 unspecified atom stereocenters. The van der Waals surface area contributed by atoms with E-state index in [0.29, 0.717) is 18.8 Å². The smallest absolute Gasteiger partial charge is 0.322 e. The summed E-state index contributed by atoms with van der Waals surface area (Å²) < 4.78 is 1.56. The third-order valence-corrected chi connectivity index (χ3v) is 2.13. The molecule has 0 saturated carbocycles. The van der Waals surface area contributed by atoms with E-state index in [2.05, 4.69) is 26.0 Å². The summed E-state index contributed by atoms with van der Waals surface area (Å²) >= 11 is 0. The van der Waals surface area contributed by atoms with Gasteiger partial charge in [0.25, 0.3) is 0 Å². The van der Waals surface area contributed by atoms with E-state index in [0.717, 1.165) is 0 Å². The van der Waals surface area contributed by atoms with Gasteiger partial charge in [0, 0.05) is 20.0 Å². The molecule has 0 aromatic carbocycles. The average molecular weight is 284 g/mol. The first kappa shape index (κ1) is 15.4. The predicted molar refractivity (Wildman–Crippen MR) is 66.8 cm³/mol. The van der Waals surface area contributed by atoms with E-state index in [1.165, 1.54) is 0 Å². The van der Waals surface area contributed by atoms with Gasteiger partial charge < -0.3 is 21.1 Å². The third kappa shape index (κ3) is 6.33. The number of carbonyl (C=O) groups is 3. The summed E-state index contributed by atoms with van der Waals surface area (Å²) in [5, 5.41) is 19.3. The van der Waals surface area contributed by atoms with Gasteiger partial charge in [-0.05, 0) is 0 Å². The first-order valence-electron chi connectivity index (χ1n) is 5.82. The Kier molecular flexibility index (Phi) is 5.94. The number of carboxylic acids is 1. The van der Waals surface area contributed by atoms with Crippen molar-refractivity contribution in [2.75, 3.05) is 19.6 Å². The molecule has 10 heteroatoms. The van der Waals surface area contributed by atoms with Crippen molar-refractivity contribution < 1.29 is 19.5 Å². The molecule has 0 radical (unpaired) electrons. The van der Waals surface area contributed by atoms with Gasteiger partial charge in [-0.3, -0.25) is 14.3 Å². The molecule has 0 aliphatic rings. The molecule has 20 heavy (non-hydrogen) atoms. The van der Waals surface area contributed by atoms with E-state index in [9.17, 15) is 14.4 Å². The fourth-order valence-corrected chi connectivity index (χ4v) is 1.25. The largest absolute Gasteiger partial charge is 0.480 e. The van der Waals surface area contributed by atoms with Crippen molar-refractivity contribution in [2.45, 2.75) is 6.42 Å². The first-order valence-corrected chi connectivity index (χ1v) is 5.82. The van der Waals surface area contributed by atoms with Gasteiger partial charge >= 0.3 is 12.0 Å². The molecule has 1 aromatic rings. The van der Waals surface area contributed by atoms with E-state index in [4.69, 9.17) is 5.11 Å². The summed E-state index contributed by atoms with van der Waals surface area (Å²) in [5.74, 6) is -1.12. The lowest BCUT2D eigenvalue weighted by atomic mass is 10.4. The standard InChI is InChI=1S/C10H16N6O4/c1-16-6-14-7(15-16)2-3-11-10(20)13-4-8(17)12-5-9(18)19/h6H,2-5H2,1H3,(H,12,17)(H,18,19)(H2,11,13,20). The lowest BCUT2D eigenvalue weighted by Gasteiger charge is -2.06. The van der Waals surface area contributed by atoms with E-state index in [1.807, 2.05) is 0 Å². The lowest BCUT2D eigenvalue weighted by molar-refractivity contribution is -0.137. The highest BCUT2D eigenvalue weighted by Gasteiger charge is 2.06. The van der Waals surface area contributed by atoms with E-state index in [1.54, 1.807) is 18.1 Å². The van der Waals surface area contributed by atoms with Crippen LogP contribution in [0.5, 0.6) is 0 Å². The number of nitrogens with one attached hydrogen (secondary N) is 3. The molecule has 1 aromatic heterocycles. The summed E-state index contributed by atoms with van der Waals surface area (Å²) in [6.07, 6.45) is 2.03. The second-order valence-electron chi connectivity index (χ2n) is 3.86. The number of carbonyl (C=O) groups excluding carboxylic acids is 2. The molecule has 0 fully saturated rings. The van der Waals surface area contributed by atoms with Crippen LogP contribution in [0.1, 0.15) is 5.82 Å². The highest BCUT2D eigenvalue weighted by atomic mass is 16.4. The van der Waals surface area contributed by atoms with E-state index >= 15 is 0 Å². The van der Waals surface area contributed by atoms with Gasteiger partial charge in [0.1, 0.15) is 12.9 Å². The summed E-state index contributed by atoms with van der Waals surface area (Å²) in [6.45, 7) is -0.443. The van der Waals surface area contributed by atoms with Gasteiger partial charge in [-0.1, -0.05) is 0 Å². The fraction of sp³-hybridized carbons (Fsp3) is 0.500. The highest BCUT2D eigenvalue weighted by Crippen LogP contribution is 1.87. The van der Waals surface area contributed by atoms with Crippen LogP contribution in [0.3, 0.4) is 0 Å². The number of carboxylic acid groups (broad SMARTS) is 1. The number of nitrogens with zero attached hydrogens (tertiary/aromatic N) is 3. The van der Waals surface area contributed by atoms with Crippen molar-refractivity contribution in [1.29, 1.82) is 0 Å². The molecule has 0 saturated heterocycles. The Morgan fingerprint density at radius 3 is 2.60 bits per heavy atom. The Balaban J connectivity index is 2.11. The second kappa shape index (κ2) is 7.71. The molecular weight excluding hydrogens is 268 g/mol. The number of rotatable bonds is 7. The monoisotopic (exact) mass is 284 g/mol. The van der Waals surface area contributed by atoms with Gasteiger partial charge in [-0.2, -0.15) is 5.10 Å². The molecule has 3 amide bonds. The topological polar surface area (TPSA) is 138 Å². The molecule has 0 aliphatic heterocycles. The van der Waals surface area contributed by atoms with Crippen molar-refractivity contribution in [2.24, 2.45) is 7.05 Å². The van der Waals surface area contributed by atoms with Gasteiger partial charge in [0.15, 0.2) is 5.82 Å². The van der Waals surface area contributed by atoms with Crippen molar-refractivity contribution in [1.82, 2.24) is 30.7 Å². The van der Waals surface area contributed by atoms with E-state index < -0.39 is 24.5 Å². The zero-order valence-corrected chi connectivity index (χ0v) is 10.9. The van der Waals surface area contributed by atoms with Crippen LogP contribution < -0.4 is 16.0 Å². The first-order chi connectivity index (χ1) is 9.47. The maximum atomic E-state index is 11.3. The van der Waals surface area contributed by atoms with Crippen LogP contribution in [0.4, 0.5) is 4.79 Å². The van der Waals surface area contributed by atoms with Crippen LogP contribution in [0, 0.1) is 0 Å². The van der Waals surface area contributed by atoms with Gasteiger partial charge in [-0.15, -0.1) is 0 Å². The van der Waals surface area contributed by atoms with Crippen LogP contribution >= 0.6 is 0 Å². The Morgan fingerprint density at radius 1 is 1.25 bits per heavy atom. The minimum Gasteiger partial charge on any atom is -0.480 e. The third-order valence-electron chi connectivity index (χ3n) is 2.13. The number of hydrogen-bond acceptors (Lipinski definition) is 5. The van der Waals surface area contributed by atoms with Crippen LogP contribution in [-0.4, -0.2) is 57.4 Å². The number of aromatic nitrogens is 3. The van der Waals surface area contributed by atoms with Crippen LogP contribution in [0.25, 0.3) is 0 Å². The Hall–Kier alpha value is -2.65. The molecule has 1 rings (SSSR count). The van der Waals surface area contributed by atoms with Crippen molar-refractivity contribution >= 4 is 17.9 Å². The normalized spacial score (nSPS) is 9.85. The van der Waals surface area contributed by atoms with Crippen LogP contribution in [0.15, 0.2) is 6.33 Å². The van der Waals surface area contributed by atoms with Crippen LogP contribution in [0.2, 0.25) is 0 Å². The van der Waals surface area contributed by atoms with Gasteiger partial charge in [-0.25, -0.2) is 9.78 Å². The van der Waals surface area contributed by atoms with Gasteiger partial charge in [0.2, 0.25) is 5.91 Å². The molecular formula is C10H16N6O4. The summed E-state index contributed by atoms with van der Waals surface area (Å²) in [6, 6.07) is -0.522. The number of amides is 3. The number of hydrogen-bond donors (Lipinski definition) is 4. The highest BCUT2D eigenvalue weighted by molar-refractivity contribution is 5.86. The zero-order valence-electron chi connectivity index (χ0n) is 10.9. The fourth-order valence-electron chi connectivity index (χ4n) is 1.25. The number of aliphatic carboxylic acids is 1. The predicted octanol–water partition coefficient (Wildman–Crippen LogP) is -2.14. The summed E-state index contributed by atoms with van der Waals surface area (Å²) in [5.41, 5.74) is 0. The molecule has 4 N–H and O–H groups in total. The molecule has 10 nitrogen and oxygen atoms in total.